The van der Waals surface area contributed by atoms with E-state index < -0.39 is 0 Å². The quantitative estimate of drug-likeness (QED) is 0.166. The number of fused-ring (bicyclic) bond motifs is 2. The average molecular weight is 545 g/mol. The number of nitrogens with one attached hydrogen (secondary N) is 2. The molecule has 3 nitrogen and oxygen atoms in total. The Labute approximate surface area is 240 Å². The number of phenols is 1. The fraction of sp³-hybridized carbons (Fsp3) is 0.194. The lowest BCUT2D eigenvalue weighted by atomic mass is 9.76. The highest BCUT2D eigenvalue weighted by Crippen LogP contribution is 2.36. The number of benzene rings is 5. The molecule has 1 aliphatic rings. The molecule has 0 heterocycles. The molecule has 5 aromatic rings. The van der Waals surface area contributed by atoms with Crippen molar-refractivity contribution in [3.63, 3.8) is 0 Å². The fourth-order valence-corrected chi connectivity index (χ4v) is 6.87. The van der Waals surface area contributed by atoms with Crippen molar-refractivity contribution in [1.82, 2.24) is 10.0 Å². The van der Waals surface area contributed by atoms with Gasteiger partial charge in [0.25, 0.3) is 0 Å². The number of hydrogen-bond donors (Lipinski definition) is 3. The molecule has 0 saturated carbocycles. The Kier molecular flexibility index (Phi) is 8.10. The molecule has 3 unspecified atom stereocenters. The Balaban J connectivity index is 1.08. The van der Waals surface area contributed by atoms with Crippen LogP contribution >= 0.6 is 10.7 Å². The maximum absolute atomic E-state index is 10.0. The van der Waals surface area contributed by atoms with E-state index in [2.05, 4.69) is 119 Å². The predicted octanol–water partition coefficient (Wildman–Crippen LogP) is 7.74. The van der Waals surface area contributed by atoms with Gasteiger partial charge >= 0.3 is 0 Å². The van der Waals surface area contributed by atoms with Crippen molar-refractivity contribution in [2.75, 3.05) is 0 Å². The highest BCUT2D eigenvalue weighted by molar-refractivity contribution is 8.12. The molecule has 1 aliphatic carbocycles. The number of hydrogen-bond acceptors (Lipinski definition) is 3. The highest BCUT2D eigenvalue weighted by Gasteiger charge is 2.29. The molecule has 0 aliphatic heterocycles. The summed E-state index contributed by atoms with van der Waals surface area (Å²) in [6.45, 7) is 1.63. The Morgan fingerprint density at radius 1 is 0.725 bits per heavy atom. The first kappa shape index (κ1) is 26.5. The monoisotopic (exact) mass is 544 g/mol. The molecule has 3 N–H and O–H groups in total. The number of aryl methyl sites for hydroxylation is 1. The smallest absolute Gasteiger partial charge is 0.115 e. The zero-order chi connectivity index (χ0) is 27.3. The van der Waals surface area contributed by atoms with Crippen molar-refractivity contribution in [2.45, 2.75) is 49.2 Å². The second kappa shape index (κ2) is 12.2. The van der Waals surface area contributed by atoms with Gasteiger partial charge in [0.2, 0.25) is 0 Å². The molecule has 0 spiro atoms. The van der Waals surface area contributed by atoms with Gasteiger partial charge in [-0.3, -0.25) is 4.72 Å². The van der Waals surface area contributed by atoms with E-state index in [-0.39, 0.29) is 10.7 Å². The van der Waals surface area contributed by atoms with Gasteiger partial charge in [-0.2, -0.15) is 0 Å². The lowest BCUT2D eigenvalue weighted by Gasteiger charge is -2.35. The standard InChI is InChI=1S/C36H36N2OS/c1-40(33-18-15-29-9-5-6-10-30(29)23-33)38-25-28-13-11-27(12-14-28)24-37-36-20-16-31-22-32(39)17-19-34(31)35(36)21-26-7-3-2-4-8-26/h2-15,17-19,22-23,35-39H,1,16,20-21,24-25H2. The summed E-state index contributed by atoms with van der Waals surface area (Å²) in [5.41, 5.74) is 6.55. The molecule has 0 amide bonds. The van der Waals surface area contributed by atoms with Crippen LogP contribution in [-0.4, -0.2) is 17.0 Å². The van der Waals surface area contributed by atoms with E-state index in [9.17, 15) is 5.11 Å². The zero-order valence-electron chi connectivity index (χ0n) is 22.7. The van der Waals surface area contributed by atoms with Crippen LogP contribution in [0.15, 0.2) is 120 Å². The third-order valence-corrected chi connectivity index (χ3v) is 9.40. The molecule has 202 valence electrons. The molecule has 0 fully saturated rings. The second-order valence-corrected chi connectivity index (χ2v) is 12.3. The molecular weight excluding hydrogens is 508 g/mol. The maximum atomic E-state index is 10.0. The topological polar surface area (TPSA) is 44.3 Å². The molecule has 0 aromatic heterocycles. The van der Waals surface area contributed by atoms with Crippen molar-refractivity contribution in [1.29, 1.82) is 0 Å². The molecule has 3 atom stereocenters. The van der Waals surface area contributed by atoms with E-state index in [0.717, 1.165) is 32.4 Å². The summed E-state index contributed by atoms with van der Waals surface area (Å²) in [5, 5.41) is 16.4. The van der Waals surface area contributed by atoms with Gasteiger partial charge in [0.1, 0.15) is 5.75 Å². The van der Waals surface area contributed by atoms with Crippen LogP contribution in [0.25, 0.3) is 10.8 Å². The summed E-state index contributed by atoms with van der Waals surface area (Å²) >= 11 is 0. The van der Waals surface area contributed by atoms with Gasteiger partial charge in [0.05, 0.1) is 0 Å². The van der Waals surface area contributed by atoms with Crippen LogP contribution in [0.1, 0.15) is 40.2 Å². The third kappa shape index (κ3) is 6.20. The zero-order valence-corrected chi connectivity index (χ0v) is 23.5. The summed E-state index contributed by atoms with van der Waals surface area (Å²) in [7, 11) is -0.271. The first-order chi connectivity index (χ1) is 19.6. The number of rotatable bonds is 9. The Bertz CT molecular complexity index is 1610. The minimum Gasteiger partial charge on any atom is -0.508 e. The van der Waals surface area contributed by atoms with Crippen molar-refractivity contribution in [3.8, 4) is 5.75 Å². The van der Waals surface area contributed by atoms with Crippen LogP contribution in [0.4, 0.5) is 0 Å². The maximum Gasteiger partial charge on any atom is 0.115 e. The first-order valence-electron chi connectivity index (χ1n) is 14.1. The van der Waals surface area contributed by atoms with Gasteiger partial charge in [-0.1, -0.05) is 108 Å². The predicted molar refractivity (Wildman–Crippen MR) is 170 cm³/mol. The minimum absolute atomic E-state index is 0.271. The molecule has 6 rings (SSSR count). The SMILES string of the molecule is C=S(NCc1ccc(CNC2CCc3cc(O)ccc3C2Cc2ccccc2)cc1)c1ccc2ccccc2c1. The number of phenolic OH excluding ortho intramolecular Hbond substituents is 1. The van der Waals surface area contributed by atoms with Crippen LogP contribution < -0.4 is 10.0 Å². The highest BCUT2D eigenvalue weighted by atomic mass is 32.2. The van der Waals surface area contributed by atoms with Gasteiger partial charge in [-0.15, -0.1) is 0 Å². The van der Waals surface area contributed by atoms with Gasteiger partial charge in [0.15, 0.2) is 0 Å². The van der Waals surface area contributed by atoms with Crippen molar-refractivity contribution < 1.29 is 5.11 Å². The van der Waals surface area contributed by atoms with E-state index in [1.807, 2.05) is 12.1 Å². The van der Waals surface area contributed by atoms with Gasteiger partial charge in [-0.25, -0.2) is 0 Å². The normalized spacial score (nSPS) is 17.4. The Morgan fingerprint density at radius 3 is 2.25 bits per heavy atom. The molecule has 5 aromatic carbocycles. The molecular formula is C36H36N2OS. The van der Waals surface area contributed by atoms with Crippen LogP contribution in [0.2, 0.25) is 0 Å². The molecule has 0 radical (unpaired) electrons. The van der Waals surface area contributed by atoms with Gasteiger partial charge in [0, 0.05) is 29.9 Å². The molecule has 0 saturated heterocycles. The number of aromatic hydroxyl groups is 1. The second-order valence-electron chi connectivity index (χ2n) is 10.7. The summed E-state index contributed by atoms with van der Waals surface area (Å²) < 4.78 is 3.61. The lowest BCUT2D eigenvalue weighted by Crippen LogP contribution is -2.39. The summed E-state index contributed by atoms with van der Waals surface area (Å²) in [4.78, 5) is 1.23. The van der Waals surface area contributed by atoms with Gasteiger partial charge < -0.3 is 10.4 Å². The first-order valence-corrected chi connectivity index (χ1v) is 15.4. The summed E-state index contributed by atoms with van der Waals surface area (Å²) in [6, 6.07) is 41.0. The lowest BCUT2D eigenvalue weighted by molar-refractivity contribution is 0.381. The van der Waals surface area contributed by atoms with Crippen molar-refractivity contribution in [2.24, 2.45) is 0 Å². The van der Waals surface area contributed by atoms with E-state index in [4.69, 9.17) is 0 Å². The fourth-order valence-electron chi connectivity index (χ4n) is 5.86. The van der Waals surface area contributed by atoms with Crippen LogP contribution in [0.3, 0.4) is 0 Å². The summed E-state index contributed by atoms with van der Waals surface area (Å²) in [6.07, 6.45) is 3.04. The van der Waals surface area contributed by atoms with Crippen molar-refractivity contribution in [3.05, 3.63) is 143 Å². The summed E-state index contributed by atoms with van der Waals surface area (Å²) in [5.74, 6) is 5.12. The van der Waals surface area contributed by atoms with E-state index >= 15 is 0 Å². The third-order valence-electron chi connectivity index (χ3n) is 8.08. The van der Waals surface area contributed by atoms with Gasteiger partial charge in [-0.05, 0) is 82.1 Å². The van der Waals surface area contributed by atoms with E-state index in [1.54, 1.807) is 0 Å². The van der Waals surface area contributed by atoms with Crippen LogP contribution in [0.5, 0.6) is 5.75 Å². The molecule has 4 heteroatoms. The Hall–Kier alpha value is -3.70. The largest absolute Gasteiger partial charge is 0.508 e. The molecule has 40 heavy (non-hydrogen) atoms. The average Bonchev–Trinajstić information content (AvgIpc) is 3.00. The Morgan fingerprint density at radius 2 is 1.45 bits per heavy atom. The van der Waals surface area contributed by atoms with Crippen molar-refractivity contribution >= 4 is 27.3 Å². The molecule has 0 bridgehead atoms. The van der Waals surface area contributed by atoms with E-state index in [1.165, 1.54) is 43.5 Å². The minimum atomic E-state index is -0.271. The van der Waals surface area contributed by atoms with E-state index in [0.29, 0.717) is 17.7 Å². The van der Waals surface area contributed by atoms with Crippen LogP contribution in [-0.2, 0) is 25.9 Å². The van der Waals surface area contributed by atoms with Crippen LogP contribution in [0, 0.1) is 0 Å².